The fourth-order valence-corrected chi connectivity index (χ4v) is 2.94. The molecule has 0 bridgehead atoms. The lowest BCUT2D eigenvalue weighted by atomic mass is 10.3. The predicted molar refractivity (Wildman–Crippen MR) is 93.4 cm³/mol. The monoisotopic (exact) mass is 351 g/mol. The Hall–Kier alpha value is -2.03. The van der Waals surface area contributed by atoms with Crippen molar-refractivity contribution in [3.05, 3.63) is 50.9 Å². The van der Waals surface area contributed by atoms with Crippen LogP contribution >= 0.6 is 34.9 Å². The molecule has 3 N–H and O–H groups in total. The highest BCUT2D eigenvalue weighted by molar-refractivity contribution is 7.80. The molecule has 2 aromatic rings. The molecule has 0 aliphatic rings. The van der Waals surface area contributed by atoms with Crippen LogP contribution in [-0.2, 0) is 16.0 Å². The van der Waals surface area contributed by atoms with E-state index in [1.54, 1.807) is 6.08 Å². The molecule has 5 nitrogen and oxygen atoms in total. The molecule has 0 saturated carbocycles. The maximum atomic E-state index is 11.6. The zero-order valence-electron chi connectivity index (χ0n) is 11.4. The second-order valence-electron chi connectivity index (χ2n) is 4.10. The number of hydrazine groups is 1. The molecule has 114 valence electrons. The van der Waals surface area contributed by atoms with E-state index in [4.69, 9.17) is 12.2 Å². The fraction of sp³-hybridized carbons (Fsp3) is 0.0714. The summed E-state index contributed by atoms with van der Waals surface area (Å²) in [7, 11) is 0. The standard InChI is InChI=1S/C14H13N3O2S3/c18-12(6-5-10-3-1-7-21-10)15-14(20)17-16-13(19)9-11-4-2-8-22-11/h1-8H,9H2,(H,16,19)(H2,15,17,18,20)/b6-5+. The molecule has 0 atom stereocenters. The van der Waals surface area contributed by atoms with Crippen LogP contribution in [-0.4, -0.2) is 16.9 Å². The van der Waals surface area contributed by atoms with E-state index < -0.39 is 0 Å². The van der Waals surface area contributed by atoms with E-state index in [2.05, 4.69) is 16.2 Å². The molecule has 0 spiro atoms. The van der Waals surface area contributed by atoms with E-state index in [0.717, 1.165) is 9.75 Å². The highest BCUT2D eigenvalue weighted by Crippen LogP contribution is 2.10. The quantitative estimate of drug-likeness (QED) is 0.448. The van der Waals surface area contributed by atoms with E-state index in [9.17, 15) is 9.59 Å². The summed E-state index contributed by atoms with van der Waals surface area (Å²) in [4.78, 5) is 25.2. The highest BCUT2D eigenvalue weighted by atomic mass is 32.1. The van der Waals surface area contributed by atoms with Gasteiger partial charge in [0.2, 0.25) is 11.8 Å². The zero-order chi connectivity index (χ0) is 15.8. The lowest BCUT2D eigenvalue weighted by Crippen LogP contribution is -2.48. The molecule has 0 unspecified atom stereocenters. The molecular formula is C14H13N3O2S3. The van der Waals surface area contributed by atoms with Crippen molar-refractivity contribution in [1.29, 1.82) is 0 Å². The van der Waals surface area contributed by atoms with E-state index in [-0.39, 0.29) is 23.3 Å². The minimum atomic E-state index is -0.363. The summed E-state index contributed by atoms with van der Waals surface area (Å²) in [6, 6.07) is 7.55. The molecule has 0 aromatic carbocycles. The van der Waals surface area contributed by atoms with Gasteiger partial charge in [0.15, 0.2) is 5.11 Å². The second kappa shape index (κ2) is 8.42. The molecule has 0 radical (unpaired) electrons. The van der Waals surface area contributed by atoms with Crippen LogP contribution in [0.1, 0.15) is 9.75 Å². The van der Waals surface area contributed by atoms with Gasteiger partial charge in [-0.25, -0.2) is 0 Å². The third-order valence-electron chi connectivity index (χ3n) is 2.41. The Balaban J connectivity index is 1.69. The molecule has 0 aliphatic heterocycles. The van der Waals surface area contributed by atoms with Crippen LogP contribution in [0.5, 0.6) is 0 Å². The van der Waals surface area contributed by atoms with Gasteiger partial charge in [-0.05, 0) is 41.2 Å². The van der Waals surface area contributed by atoms with Gasteiger partial charge < -0.3 is 0 Å². The van der Waals surface area contributed by atoms with Crippen molar-refractivity contribution in [3.63, 3.8) is 0 Å². The average molecular weight is 351 g/mol. The minimum absolute atomic E-state index is 0.0420. The summed E-state index contributed by atoms with van der Waals surface area (Å²) in [6.07, 6.45) is 3.34. The predicted octanol–water partition coefficient (Wildman–Crippen LogP) is 2.09. The number of carbonyl (C=O) groups is 2. The SMILES string of the molecule is O=C(/C=C/c1cccs1)NC(=S)NNC(=O)Cc1cccs1. The van der Waals surface area contributed by atoms with Crippen molar-refractivity contribution < 1.29 is 9.59 Å². The first-order valence-electron chi connectivity index (χ1n) is 6.27. The first-order chi connectivity index (χ1) is 10.6. The van der Waals surface area contributed by atoms with Crippen molar-refractivity contribution >= 4 is 57.9 Å². The van der Waals surface area contributed by atoms with Crippen molar-refractivity contribution in [2.24, 2.45) is 0 Å². The maximum Gasteiger partial charge on any atom is 0.250 e. The van der Waals surface area contributed by atoms with E-state index in [1.807, 2.05) is 35.0 Å². The zero-order valence-corrected chi connectivity index (χ0v) is 13.8. The van der Waals surface area contributed by atoms with Gasteiger partial charge >= 0.3 is 0 Å². The largest absolute Gasteiger partial charge is 0.298 e. The first-order valence-corrected chi connectivity index (χ1v) is 8.44. The van der Waals surface area contributed by atoms with Crippen LogP contribution in [0.15, 0.2) is 41.1 Å². The normalized spacial score (nSPS) is 10.4. The summed E-state index contributed by atoms with van der Waals surface area (Å²) in [6.45, 7) is 0. The summed E-state index contributed by atoms with van der Waals surface area (Å²) < 4.78 is 0. The molecule has 2 heterocycles. The van der Waals surface area contributed by atoms with Gasteiger partial charge in [0, 0.05) is 15.8 Å². The maximum absolute atomic E-state index is 11.6. The first kappa shape index (κ1) is 16.3. The summed E-state index contributed by atoms with van der Waals surface area (Å²) in [5.74, 6) is -0.591. The molecule has 2 amide bonds. The van der Waals surface area contributed by atoms with Crippen LogP contribution < -0.4 is 16.2 Å². The lowest BCUT2D eigenvalue weighted by molar-refractivity contribution is -0.121. The van der Waals surface area contributed by atoms with Crippen molar-refractivity contribution in [1.82, 2.24) is 16.2 Å². The smallest absolute Gasteiger partial charge is 0.250 e. The van der Waals surface area contributed by atoms with Gasteiger partial charge in [0.1, 0.15) is 0 Å². The van der Waals surface area contributed by atoms with Gasteiger partial charge in [-0.2, -0.15) is 0 Å². The third-order valence-corrected chi connectivity index (χ3v) is 4.33. The number of rotatable bonds is 4. The van der Waals surface area contributed by atoms with Gasteiger partial charge in [0.05, 0.1) is 6.42 Å². The molecular weight excluding hydrogens is 338 g/mol. The second-order valence-corrected chi connectivity index (χ2v) is 6.52. The third kappa shape index (κ3) is 5.76. The van der Waals surface area contributed by atoms with Gasteiger partial charge in [-0.3, -0.25) is 25.8 Å². The molecule has 0 aliphatic carbocycles. The number of hydrogen-bond donors (Lipinski definition) is 3. The number of carbonyl (C=O) groups excluding carboxylic acids is 2. The van der Waals surface area contributed by atoms with Crippen molar-refractivity contribution in [2.45, 2.75) is 6.42 Å². The van der Waals surface area contributed by atoms with E-state index in [0.29, 0.717) is 0 Å². The van der Waals surface area contributed by atoms with Gasteiger partial charge in [-0.1, -0.05) is 12.1 Å². The van der Waals surface area contributed by atoms with Gasteiger partial charge in [-0.15, -0.1) is 22.7 Å². The number of amides is 2. The Labute approximate surface area is 141 Å². The number of hydrogen-bond acceptors (Lipinski definition) is 5. The molecule has 2 aromatic heterocycles. The van der Waals surface area contributed by atoms with E-state index in [1.165, 1.54) is 28.7 Å². The van der Waals surface area contributed by atoms with Crippen LogP contribution in [0.4, 0.5) is 0 Å². The molecule has 0 fully saturated rings. The topological polar surface area (TPSA) is 70.2 Å². The Morgan fingerprint density at radius 3 is 2.59 bits per heavy atom. The molecule has 22 heavy (non-hydrogen) atoms. The number of nitrogens with one attached hydrogen (secondary N) is 3. The fourth-order valence-electron chi connectivity index (χ4n) is 1.47. The lowest BCUT2D eigenvalue weighted by Gasteiger charge is -2.09. The molecule has 2 rings (SSSR count). The minimum Gasteiger partial charge on any atom is -0.298 e. The Morgan fingerprint density at radius 1 is 1.14 bits per heavy atom. The van der Waals surface area contributed by atoms with E-state index >= 15 is 0 Å². The van der Waals surface area contributed by atoms with Crippen molar-refractivity contribution in [2.75, 3.05) is 0 Å². The van der Waals surface area contributed by atoms with Crippen LogP contribution in [0.3, 0.4) is 0 Å². The summed E-state index contributed by atoms with van der Waals surface area (Å²) in [5, 5.41) is 6.31. The van der Waals surface area contributed by atoms with Crippen LogP contribution in [0.2, 0.25) is 0 Å². The Bertz CT molecular complexity index is 664. The molecule has 0 saturated heterocycles. The van der Waals surface area contributed by atoms with Crippen LogP contribution in [0.25, 0.3) is 6.08 Å². The van der Waals surface area contributed by atoms with Gasteiger partial charge in [0.25, 0.3) is 0 Å². The number of thiocarbonyl (C=S) groups is 1. The summed E-state index contributed by atoms with van der Waals surface area (Å²) >= 11 is 7.95. The van der Waals surface area contributed by atoms with Crippen molar-refractivity contribution in [3.8, 4) is 0 Å². The number of thiophene rings is 2. The molecule has 8 heteroatoms. The highest BCUT2D eigenvalue weighted by Gasteiger charge is 2.05. The summed E-state index contributed by atoms with van der Waals surface area (Å²) in [5.41, 5.74) is 4.93. The van der Waals surface area contributed by atoms with Crippen LogP contribution in [0, 0.1) is 0 Å². The Kier molecular flexibility index (Phi) is 6.26. The Morgan fingerprint density at radius 2 is 1.91 bits per heavy atom. The average Bonchev–Trinajstić information content (AvgIpc) is 3.16.